The third-order valence-corrected chi connectivity index (χ3v) is 5.58. The van der Waals surface area contributed by atoms with Crippen molar-refractivity contribution in [3.05, 3.63) is 53.6 Å². The monoisotopic (exact) mass is 406 g/mol. The van der Waals surface area contributed by atoms with Crippen LogP contribution in [0.4, 0.5) is 5.69 Å². The summed E-state index contributed by atoms with van der Waals surface area (Å²) in [4.78, 5) is 12.3. The molecular weight excluding hydrogens is 380 g/mol. The summed E-state index contributed by atoms with van der Waals surface area (Å²) in [5.74, 6) is 0.133. The number of methoxy groups -OCH3 is 1. The van der Waals surface area contributed by atoms with Crippen molar-refractivity contribution in [1.29, 1.82) is 0 Å². The number of carbonyl (C=O) groups is 1. The van der Waals surface area contributed by atoms with Gasteiger partial charge in [-0.2, -0.15) is 0 Å². The van der Waals surface area contributed by atoms with Crippen LogP contribution in [0.3, 0.4) is 0 Å². The molecule has 0 heterocycles. The lowest BCUT2D eigenvalue weighted by atomic mass is 10.1. The topological polar surface area (TPSA) is 93.7 Å². The lowest BCUT2D eigenvalue weighted by molar-refractivity contribution is -0.118. The molecule has 2 N–H and O–H groups in total. The van der Waals surface area contributed by atoms with Crippen LogP contribution in [0.1, 0.15) is 18.1 Å². The van der Waals surface area contributed by atoms with Gasteiger partial charge in [0, 0.05) is 19.3 Å². The Bertz CT molecular complexity index is 895. The molecule has 0 atom stereocenters. The molecule has 0 bridgehead atoms. The number of hydrogen-bond acceptors (Lipinski definition) is 5. The molecule has 28 heavy (non-hydrogen) atoms. The number of carbonyl (C=O) groups excluding carboxylic acids is 1. The second-order valence-electron chi connectivity index (χ2n) is 6.16. The Hall–Kier alpha value is -2.42. The normalized spacial score (nSPS) is 11.2. The molecule has 2 aromatic rings. The third-order valence-electron chi connectivity index (χ3n) is 4.11. The number of hydrogen-bond donors (Lipinski definition) is 2. The van der Waals surface area contributed by atoms with Gasteiger partial charge in [0.05, 0.1) is 11.5 Å². The van der Waals surface area contributed by atoms with Crippen LogP contribution >= 0.6 is 0 Å². The molecule has 2 rings (SSSR count). The molecule has 0 aliphatic rings. The fourth-order valence-electron chi connectivity index (χ4n) is 2.60. The van der Waals surface area contributed by atoms with Crippen molar-refractivity contribution in [3.63, 3.8) is 0 Å². The molecular formula is C20H26N2O5S. The maximum absolute atomic E-state index is 12.2. The molecule has 7 nitrogen and oxygen atoms in total. The number of amides is 1. The Labute approximate surface area is 166 Å². The highest BCUT2D eigenvalue weighted by molar-refractivity contribution is 7.89. The van der Waals surface area contributed by atoms with Crippen LogP contribution in [0.2, 0.25) is 0 Å². The number of anilines is 1. The van der Waals surface area contributed by atoms with Crippen LogP contribution in [0.25, 0.3) is 0 Å². The Morgan fingerprint density at radius 2 is 1.82 bits per heavy atom. The van der Waals surface area contributed by atoms with E-state index in [1.54, 1.807) is 0 Å². The Morgan fingerprint density at radius 1 is 1.11 bits per heavy atom. The van der Waals surface area contributed by atoms with Gasteiger partial charge in [0.25, 0.3) is 5.91 Å². The van der Waals surface area contributed by atoms with Gasteiger partial charge in [-0.1, -0.05) is 25.1 Å². The van der Waals surface area contributed by atoms with Crippen LogP contribution in [0.15, 0.2) is 47.4 Å². The zero-order valence-corrected chi connectivity index (χ0v) is 17.1. The van der Waals surface area contributed by atoms with Gasteiger partial charge < -0.3 is 14.8 Å². The van der Waals surface area contributed by atoms with Gasteiger partial charge in [-0.15, -0.1) is 0 Å². The minimum atomic E-state index is -3.60. The largest absolute Gasteiger partial charge is 0.484 e. The molecule has 8 heteroatoms. The molecule has 0 saturated carbocycles. The van der Waals surface area contributed by atoms with E-state index in [9.17, 15) is 13.2 Å². The molecule has 152 valence electrons. The zero-order valence-electron chi connectivity index (χ0n) is 16.3. The van der Waals surface area contributed by atoms with Crippen molar-refractivity contribution in [1.82, 2.24) is 4.72 Å². The standard InChI is InChI=1S/C20H26N2O5S/c1-4-16-7-5-6-15(2)20(16)22-19(23)14-27-17-8-10-18(11-9-17)28(24,25)21-12-13-26-3/h5-11,21H,4,12-14H2,1-3H3,(H,22,23). The van der Waals surface area contributed by atoms with E-state index in [0.29, 0.717) is 5.75 Å². The molecule has 0 radical (unpaired) electrons. The molecule has 0 saturated heterocycles. The minimum absolute atomic E-state index is 0.118. The molecule has 0 fully saturated rings. The summed E-state index contributed by atoms with van der Waals surface area (Å²) < 4.78 is 36.9. The highest BCUT2D eigenvalue weighted by Crippen LogP contribution is 2.21. The average Bonchev–Trinajstić information content (AvgIpc) is 2.68. The average molecular weight is 407 g/mol. The molecule has 2 aromatic carbocycles. The number of nitrogens with one attached hydrogen (secondary N) is 2. The Kier molecular flexibility index (Phi) is 7.98. The van der Waals surface area contributed by atoms with E-state index < -0.39 is 10.0 Å². The van der Waals surface area contributed by atoms with Crippen LogP contribution in [0, 0.1) is 6.92 Å². The second-order valence-corrected chi connectivity index (χ2v) is 7.93. The molecule has 0 aromatic heterocycles. The third kappa shape index (κ3) is 6.05. The summed E-state index contributed by atoms with van der Waals surface area (Å²) in [7, 11) is -2.10. The van der Waals surface area contributed by atoms with E-state index in [2.05, 4.69) is 10.0 Å². The van der Waals surface area contributed by atoms with Gasteiger partial charge >= 0.3 is 0 Å². The van der Waals surface area contributed by atoms with E-state index in [-0.39, 0.29) is 30.6 Å². The van der Waals surface area contributed by atoms with E-state index >= 15 is 0 Å². The quantitative estimate of drug-likeness (QED) is 0.591. The van der Waals surface area contributed by atoms with Crippen molar-refractivity contribution in [2.45, 2.75) is 25.2 Å². The lowest BCUT2D eigenvalue weighted by Gasteiger charge is -2.13. The van der Waals surface area contributed by atoms with Crippen LogP contribution in [0.5, 0.6) is 5.75 Å². The maximum atomic E-state index is 12.2. The van der Waals surface area contributed by atoms with E-state index in [1.807, 2.05) is 32.0 Å². The fourth-order valence-corrected chi connectivity index (χ4v) is 3.62. The van der Waals surface area contributed by atoms with Crippen molar-refractivity contribution in [2.75, 3.05) is 32.2 Å². The number of sulfonamides is 1. The van der Waals surface area contributed by atoms with Gasteiger partial charge in [-0.25, -0.2) is 13.1 Å². The lowest BCUT2D eigenvalue weighted by Crippen LogP contribution is -2.27. The van der Waals surface area contributed by atoms with Gasteiger partial charge in [-0.3, -0.25) is 4.79 Å². The van der Waals surface area contributed by atoms with E-state index in [4.69, 9.17) is 9.47 Å². The van der Waals surface area contributed by atoms with E-state index in [0.717, 1.165) is 23.2 Å². The first-order valence-corrected chi connectivity index (χ1v) is 10.5. The SMILES string of the molecule is CCc1cccc(C)c1NC(=O)COc1ccc(S(=O)(=O)NCCOC)cc1. The molecule has 0 aliphatic carbocycles. The van der Waals surface area contributed by atoms with Crippen LogP contribution in [-0.2, 0) is 26.0 Å². The summed E-state index contributed by atoms with van der Waals surface area (Å²) in [5.41, 5.74) is 2.86. The molecule has 0 aliphatic heterocycles. The summed E-state index contributed by atoms with van der Waals surface area (Å²) in [6, 6.07) is 11.8. The first-order chi connectivity index (χ1) is 13.4. The minimum Gasteiger partial charge on any atom is -0.484 e. The van der Waals surface area contributed by atoms with Crippen molar-refractivity contribution in [2.24, 2.45) is 0 Å². The van der Waals surface area contributed by atoms with Crippen molar-refractivity contribution in [3.8, 4) is 5.75 Å². The fraction of sp³-hybridized carbons (Fsp3) is 0.350. The first-order valence-electron chi connectivity index (χ1n) is 8.97. The predicted molar refractivity (Wildman–Crippen MR) is 108 cm³/mol. The Balaban J connectivity index is 1.94. The van der Waals surface area contributed by atoms with E-state index in [1.165, 1.54) is 31.4 Å². The summed E-state index contributed by atoms with van der Waals surface area (Å²) in [5, 5.41) is 2.88. The van der Waals surface area contributed by atoms with Gasteiger partial charge in [-0.05, 0) is 48.7 Å². The number of ether oxygens (including phenoxy) is 2. The highest BCUT2D eigenvalue weighted by atomic mass is 32.2. The molecule has 0 spiro atoms. The van der Waals surface area contributed by atoms with Gasteiger partial charge in [0.2, 0.25) is 10.0 Å². The number of aryl methyl sites for hydroxylation is 2. The second kappa shape index (κ2) is 10.2. The predicted octanol–water partition coefficient (Wildman–Crippen LogP) is 2.50. The highest BCUT2D eigenvalue weighted by Gasteiger charge is 2.14. The number of benzene rings is 2. The van der Waals surface area contributed by atoms with Gasteiger partial charge in [0.15, 0.2) is 6.61 Å². The number of para-hydroxylation sites is 1. The zero-order chi connectivity index (χ0) is 20.6. The first kappa shape index (κ1) is 21.9. The van der Waals surface area contributed by atoms with Crippen molar-refractivity contribution >= 4 is 21.6 Å². The maximum Gasteiger partial charge on any atom is 0.262 e. The van der Waals surface area contributed by atoms with Crippen LogP contribution < -0.4 is 14.8 Å². The number of rotatable bonds is 10. The van der Waals surface area contributed by atoms with Gasteiger partial charge in [0.1, 0.15) is 5.75 Å². The summed E-state index contributed by atoms with van der Waals surface area (Å²) in [6.45, 7) is 4.28. The Morgan fingerprint density at radius 3 is 2.46 bits per heavy atom. The smallest absolute Gasteiger partial charge is 0.262 e. The summed E-state index contributed by atoms with van der Waals surface area (Å²) >= 11 is 0. The molecule has 0 unspecified atom stereocenters. The van der Waals surface area contributed by atoms with Crippen LogP contribution in [-0.4, -0.2) is 41.2 Å². The molecule has 1 amide bonds. The van der Waals surface area contributed by atoms with Crippen molar-refractivity contribution < 1.29 is 22.7 Å². The summed E-state index contributed by atoms with van der Waals surface area (Å²) in [6.07, 6.45) is 0.812.